The van der Waals surface area contributed by atoms with E-state index in [9.17, 15) is 4.79 Å². The van der Waals surface area contributed by atoms with Gasteiger partial charge >= 0.3 is 0 Å². The number of carbonyl (C=O) groups is 1. The highest BCUT2D eigenvalue weighted by Gasteiger charge is 2.09. The van der Waals surface area contributed by atoms with Crippen LogP contribution in [0.3, 0.4) is 0 Å². The van der Waals surface area contributed by atoms with Crippen LogP contribution in [0, 0.1) is 0 Å². The zero-order valence-electron chi connectivity index (χ0n) is 10.0. The third kappa shape index (κ3) is 3.00. The van der Waals surface area contributed by atoms with E-state index < -0.39 is 0 Å². The van der Waals surface area contributed by atoms with Crippen molar-refractivity contribution in [1.29, 1.82) is 0 Å². The molecule has 1 N–H and O–H groups in total. The Labute approximate surface area is 110 Å². The van der Waals surface area contributed by atoms with Crippen LogP contribution >= 0.6 is 11.6 Å². The predicted molar refractivity (Wildman–Crippen MR) is 69.0 cm³/mol. The summed E-state index contributed by atoms with van der Waals surface area (Å²) in [4.78, 5) is 16.0. The minimum Gasteiger partial charge on any atom is -0.385 e. The number of amides is 1. The largest absolute Gasteiger partial charge is 0.385 e. The Morgan fingerprint density at radius 2 is 2.33 bits per heavy atom. The summed E-state index contributed by atoms with van der Waals surface area (Å²) < 4.78 is 6.63. The number of halogens is 1. The number of methoxy groups -OCH3 is 1. The van der Waals surface area contributed by atoms with Gasteiger partial charge in [-0.15, -0.1) is 0 Å². The third-order valence-corrected chi connectivity index (χ3v) is 2.68. The molecule has 0 atom stereocenters. The molecule has 0 aliphatic rings. The van der Waals surface area contributed by atoms with Crippen LogP contribution in [0.2, 0.25) is 5.02 Å². The van der Waals surface area contributed by atoms with Crippen molar-refractivity contribution in [3.63, 3.8) is 0 Å². The second-order valence-electron chi connectivity index (χ2n) is 3.84. The zero-order valence-corrected chi connectivity index (χ0v) is 10.8. The number of rotatable bonds is 5. The normalized spacial score (nSPS) is 10.8. The highest BCUT2D eigenvalue weighted by Crippen LogP contribution is 2.11. The molecule has 0 unspecified atom stereocenters. The Morgan fingerprint density at radius 1 is 1.50 bits per heavy atom. The smallest absolute Gasteiger partial charge is 0.271 e. The van der Waals surface area contributed by atoms with Gasteiger partial charge in [-0.2, -0.15) is 0 Å². The van der Waals surface area contributed by atoms with Crippen LogP contribution in [0.4, 0.5) is 0 Å². The summed E-state index contributed by atoms with van der Waals surface area (Å²) in [6, 6.07) is 3.51. The molecule has 6 heteroatoms. The Hall–Kier alpha value is -1.59. The number of hydrogen-bond donors (Lipinski definition) is 1. The standard InChI is InChI=1S/C12H14ClN3O2/c1-18-6-2-5-14-12(17)10-8-16-7-9(13)3-4-11(16)15-10/h3-4,7-8H,2,5-6H2,1H3,(H,14,17). The van der Waals surface area contributed by atoms with Crippen LogP contribution in [0.25, 0.3) is 5.65 Å². The van der Waals surface area contributed by atoms with Crippen molar-refractivity contribution in [1.82, 2.24) is 14.7 Å². The van der Waals surface area contributed by atoms with Crippen molar-refractivity contribution in [2.75, 3.05) is 20.3 Å². The van der Waals surface area contributed by atoms with Crippen LogP contribution in [0.1, 0.15) is 16.9 Å². The van der Waals surface area contributed by atoms with E-state index in [1.165, 1.54) is 0 Å². The molecular formula is C12H14ClN3O2. The molecule has 5 nitrogen and oxygen atoms in total. The van der Waals surface area contributed by atoms with Gasteiger partial charge in [-0.1, -0.05) is 11.6 Å². The first-order valence-electron chi connectivity index (χ1n) is 5.62. The van der Waals surface area contributed by atoms with Gasteiger partial charge in [-0.05, 0) is 18.6 Å². The van der Waals surface area contributed by atoms with E-state index in [4.69, 9.17) is 16.3 Å². The molecule has 0 radical (unpaired) electrons. The number of fused-ring (bicyclic) bond motifs is 1. The number of nitrogens with zero attached hydrogens (tertiary/aromatic N) is 2. The first-order chi connectivity index (χ1) is 8.70. The molecule has 0 saturated heterocycles. The van der Waals surface area contributed by atoms with Gasteiger partial charge in [0.05, 0.1) is 5.02 Å². The summed E-state index contributed by atoms with van der Waals surface area (Å²) in [5.74, 6) is -0.189. The van der Waals surface area contributed by atoms with Gasteiger partial charge in [-0.25, -0.2) is 4.98 Å². The van der Waals surface area contributed by atoms with E-state index in [0.29, 0.717) is 29.5 Å². The quantitative estimate of drug-likeness (QED) is 0.840. The number of hydrogen-bond acceptors (Lipinski definition) is 3. The molecule has 0 fully saturated rings. The van der Waals surface area contributed by atoms with E-state index >= 15 is 0 Å². The van der Waals surface area contributed by atoms with Crippen molar-refractivity contribution in [3.05, 3.63) is 35.2 Å². The highest BCUT2D eigenvalue weighted by atomic mass is 35.5. The average molecular weight is 268 g/mol. The fourth-order valence-electron chi connectivity index (χ4n) is 1.58. The Kier molecular flexibility index (Phi) is 4.17. The number of pyridine rings is 1. The molecule has 0 saturated carbocycles. The van der Waals surface area contributed by atoms with Crippen LogP contribution in [0.5, 0.6) is 0 Å². The lowest BCUT2D eigenvalue weighted by Crippen LogP contribution is -2.25. The molecule has 2 aromatic rings. The minimum atomic E-state index is -0.189. The molecule has 0 bridgehead atoms. The first-order valence-corrected chi connectivity index (χ1v) is 6.00. The predicted octanol–water partition coefficient (Wildman–Crippen LogP) is 1.75. The van der Waals surface area contributed by atoms with Crippen molar-refractivity contribution in [2.24, 2.45) is 0 Å². The van der Waals surface area contributed by atoms with E-state index in [1.54, 1.807) is 36.0 Å². The molecule has 2 aromatic heterocycles. The summed E-state index contributed by atoms with van der Waals surface area (Å²) in [5, 5.41) is 3.39. The van der Waals surface area contributed by atoms with Crippen molar-refractivity contribution >= 4 is 23.2 Å². The van der Waals surface area contributed by atoms with Gasteiger partial charge in [0.1, 0.15) is 11.3 Å². The van der Waals surface area contributed by atoms with Crippen LogP contribution in [0.15, 0.2) is 24.5 Å². The monoisotopic (exact) mass is 267 g/mol. The first kappa shape index (κ1) is 12.9. The van der Waals surface area contributed by atoms with Crippen molar-refractivity contribution < 1.29 is 9.53 Å². The lowest BCUT2D eigenvalue weighted by molar-refractivity contribution is 0.0944. The second-order valence-corrected chi connectivity index (χ2v) is 4.28. The molecule has 18 heavy (non-hydrogen) atoms. The van der Waals surface area contributed by atoms with Gasteiger partial charge < -0.3 is 14.5 Å². The van der Waals surface area contributed by atoms with Crippen molar-refractivity contribution in [3.8, 4) is 0 Å². The topological polar surface area (TPSA) is 55.6 Å². The molecule has 96 valence electrons. The third-order valence-electron chi connectivity index (χ3n) is 2.46. The molecule has 0 aliphatic heterocycles. The van der Waals surface area contributed by atoms with Crippen LogP contribution < -0.4 is 5.32 Å². The SMILES string of the molecule is COCCCNC(=O)c1cn2cc(Cl)ccc2n1. The highest BCUT2D eigenvalue weighted by molar-refractivity contribution is 6.30. The summed E-state index contributed by atoms with van der Waals surface area (Å²) in [7, 11) is 1.63. The fourth-order valence-corrected chi connectivity index (χ4v) is 1.75. The van der Waals surface area contributed by atoms with Gasteiger partial charge in [0.25, 0.3) is 5.91 Å². The molecule has 0 aliphatic carbocycles. The maximum absolute atomic E-state index is 11.8. The van der Waals surface area contributed by atoms with Crippen LogP contribution in [-0.4, -0.2) is 35.6 Å². The molecule has 2 heterocycles. The second kappa shape index (κ2) is 5.84. The maximum Gasteiger partial charge on any atom is 0.271 e. The summed E-state index contributed by atoms with van der Waals surface area (Å²) in [6.45, 7) is 1.20. The van der Waals surface area contributed by atoms with Gasteiger partial charge in [0.15, 0.2) is 0 Å². The molecular weight excluding hydrogens is 254 g/mol. The molecule has 2 rings (SSSR count). The molecule has 1 amide bonds. The van der Waals surface area contributed by atoms with Crippen molar-refractivity contribution in [2.45, 2.75) is 6.42 Å². The molecule has 0 spiro atoms. The fraction of sp³-hybridized carbons (Fsp3) is 0.333. The lowest BCUT2D eigenvalue weighted by atomic mass is 10.4. The van der Waals surface area contributed by atoms with E-state index in [2.05, 4.69) is 10.3 Å². The minimum absolute atomic E-state index is 0.189. The number of carbonyl (C=O) groups excluding carboxylic acids is 1. The number of ether oxygens (including phenoxy) is 1. The number of aromatic nitrogens is 2. The number of nitrogens with one attached hydrogen (secondary N) is 1. The van der Waals surface area contributed by atoms with Crippen LogP contribution in [-0.2, 0) is 4.74 Å². The lowest BCUT2D eigenvalue weighted by Gasteiger charge is -2.01. The Bertz CT molecular complexity index is 553. The van der Waals surface area contributed by atoms with Gasteiger partial charge in [0, 0.05) is 32.7 Å². The zero-order chi connectivity index (χ0) is 13.0. The van der Waals surface area contributed by atoms with E-state index in [-0.39, 0.29) is 5.91 Å². The number of imidazole rings is 1. The van der Waals surface area contributed by atoms with Gasteiger partial charge in [0.2, 0.25) is 0 Å². The molecule has 0 aromatic carbocycles. The Morgan fingerprint density at radius 3 is 3.11 bits per heavy atom. The van der Waals surface area contributed by atoms with E-state index in [0.717, 1.165) is 6.42 Å². The Balaban J connectivity index is 2.04. The van der Waals surface area contributed by atoms with E-state index in [1.807, 2.05) is 0 Å². The summed E-state index contributed by atoms with van der Waals surface area (Å²) in [6.07, 6.45) is 4.15. The average Bonchev–Trinajstić information content (AvgIpc) is 2.77. The van der Waals surface area contributed by atoms with Gasteiger partial charge in [-0.3, -0.25) is 4.79 Å². The summed E-state index contributed by atoms with van der Waals surface area (Å²) in [5.41, 5.74) is 1.08. The summed E-state index contributed by atoms with van der Waals surface area (Å²) >= 11 is 5.86. The maximum atomic E-state index is 11.8.